The van der Waals surface area contributed by atoms with Crippen molar-refractivity contribution in [3.05, 3.63) is 27.7 Å². The van der Waals surface area contributed by atoms with Crippen LogP contribution < -0.4 is 4.72 Å². The molecule has 0 aromatic heterocycles. The summed E-state index contributed by atoms with van der Waals surface area (Å²) >= 11 is 9.08. The topological polar surface area (TPSA) is 66.4 Å². The molecule has 102 valence electrons. The number of benzene rings is 1. The maximum Gasteiger partial charge on any atom is 0.242 e. The van der Waals surface area contributed by atoms with Crippen LogP contribution in [0.3, 0.4) is 0 Å². The molecule has 0 amide bonds. The van der Waals surface area contributed by atoms with Crippen molar-refractivity contribution in [3.63, 3.8) is 0 Å². The monoisotopic (exact) mass is 355 g/mol. The first-order valence-corrected chi connectivity index (χ1v) is 8.02. The van der Waals surface area contributed by atoms with E-state index in [9.17, 15) is 13.5 Å². The van der Waals surface area contributed by atoms with Crippen LogP contribution in [0.5, 0.6) is 0 Å². The molecule has 0 spiro atoms. The van der Waals surface area contributed by atoms with Crippen molar-refractivity contribution in [1.29, 1.82) is 0 Å². The van der Waals surface area contributed by atoms with Gasteiger partial charge in [0.2, 0.25) is 10.0 Å². The van der Waals surface area contributed by atoms with Crippen LogP contribution in [0.4, 0.5) is 0 Å². The van der Waals surface area contributed by atoms with Gasteiger partial charge in [0.15, 0.2) is 0 Å². The average Bonchev–Trinajstić information content (AvgIpc) is 2.25. The average molecular weight is 357 g/mol. The van der Waals surface area contributed by atoms with E-state index in [-0.39, 0.29) is 22.4 Å². The number of hydrogen-bond donors (Lipinski definition) is 2. The molecule has 1 rings (SSSR count). The first-order chi connectivity index (χ1) is 8.24. The highest BCUT2D eigenvalue weighted by Gasteiger charge is 2.20. The van der Waals surface area contributed by atoms with E-state index in [2.05, 4.69) is 20.7 Å². The lowest BCUT2D eigenvalue weighted by Crippen LogP contribution is -2.34. The lowest BCUT2D eigenvalue weighted by molar-refractivity contribution is 0.129. The van der Waals surface area contributed by atoms with Gasteiger partial charge in [-0.3, -0.25) is 0 Å². The summed E-state index contributed by atoms with van der Waals surface area (Å²) in [7, 11) is -3.70. The van der Waals surface area contributed by atoms with E-state index in [1.54, 1.807) is 6.07 Å². The maximum absolute atomic E-state index is 12.0. The number of nitrogens with one attached hydrogen (secondary N) is 1. The van der Waals surface area contributed by atoms with Crippen molar-refractivity contribution in [3.8, 4) is 0 Å². The standard InChI is InChI=1S/C11H15BrClNO3S/c1-7(2)10(15)6-14-18(16,17)11-4-3-8(12)5-9(11)13/h3-5,7,10,14-15H,6H2,1-2H3. The van der Waals surface area contributed by atoms with E-state index in [0.717, 1.165) is 0 Å². The zero-order chi connectivity index (χ0) is 13.9. The molecule has 0 fully saturated rings. The molecule has 1 atom stereocenters. The Morgan fingerprint density at radius 2 is 2.06 bits per heavy atom. The summed E-state index contributed by atoms with van der Waals surface area (Å²) in [5, 5.41) is 9.72. The summed E-state index contributed by atoms with van der Waals surface area (Å²) in [6.07, 6.45) is -0.728. The fraction of sp³-hybridized carbons (Fsp3) is 0.455. The molecule has 1 aromatic rings. The second-order valence-electron chi connectivity index (χ2n) is 4.24. The predicted octanol–water partition coefficient (Wildman–Crippen LogP) is 2.40. The molecule has 0 bridgehead atoms. The van der Waals surface area contributed by atoms with E-state index < -0.39 is 16.1 Å². The van der Waals surface area contributed by atoms with E-state index >= 15 is 0 Å². The first kappa shape index (κ1) is 15.9. The van der Waals surface area contributed by atoms with E-state index in [0.29, 0.717) is 4.47 Å². The Morgan fingerprint density at radius 1 is 1.44 bits per heavy atom. The van der Waals surface area contributed by atoms with Crippen molar-refractivity contribution in [1.82, 2.24) is 4.72 Å². The molecule has 2 N–H and O–H groups in total. The van der Waals surface area contributed by atoms with Gasteiger partial charge in [-0.2, -0.15) is 0 Å². The lowest BCUT2D eigenvalue weighted by atomic mass is 10.1. The molecule has 0 aliphatic carbocycles. The van der Waals surface area contributed by atoms with Gasteiger partial charge < -0.3 is 5.11 Å². The van der Waals surface area contributed by atoms with Gasteiger partial charge in [-0.25, -0.2) is 13.1 Å². The molecule has 4 nitrogen and oxygen atoms in total. The Labute approximate surface area is 121 Å². The number of halogens is 2. The molecule has 0 saturated carbocycles. The van der Waals surface area contributed by atoms with Gasteiger partial charge in [-0.15, -0.1) is 0 Å². The first-order valence-electron chi connectivity index (χ1n) is 5.37. The predicted molar refractivity (Wildman–Crippen MR) is 75.2 cm³/mol. The van der Waals surface area contributed by atoms with Crippen LogP contribution in [0.25, 0.3) is 0 Å². The number of aliphatic hydroxyl groups is 1. The Balaban J connectivity index is 2.87. The molecular formula is C11H15BrClNO3S. The van der Waals surface area contributed by atoms with Gasteiger partial charge >= 0.3 is 0 Å². The van der Waals surface area contributed by atoms with E-state index in [4.69, 9.17) is 11.6 Å². The van der Waals surface area contributed by atoms with Gasteiger partial charge in [0.1, 0.15) is 4.90 Å². The van der Waals surface area contributed by atoms with Crippen molar-refractivity contribution < 1.29 is 13.5 Å². The third-order valence-electron chi connectivity index (χ3n) is 2.44. The fourth-order valence-electron chi connectivity index (χ4n) is 1.20. The molecular weight excluding hydrogens is 342 g/mol. The Morgan fingerprint density at radius 3 is 2.56 bits per heavy atom. The van der Waals surface area contributed by atoms with Crippen LogP contribution in [0.15, 0.2) is 27.6 Å². The highest BCUT2D eigenvalue weighted by molar-refractivity contribution is 9.10. The number of rotatable bonds is 5. The quantitative estimate of drug-likeness (QED) is 0.851. The minimum Gasteiger partial charge on any atom is -0.391 e. The highest BCUT2D eigenvalue weighted by Crippen LogP contribution is 2.25. The molecule has 0 aliphatic heterocycles. The van der Waals surface area contributed by atoms with Crippen LogP contribution in [-0.2, 0) is 10.0 Å². The lowest BCUT2D eigenvalue weighted by Gasteiger charge is -2.15. The van der Waals surface area contributed by atoms with Crippen LogP contribution >= 0.6 is 27.5 Å². The zero-order valence-corrected chi connectivity index (χ0v) is 13.2. The summed E-state index contributed by atoms with van der Waals surface area (Å²) < 4.78 is 27.0. The molecule has 1 unspecified atom stereocenters. The third-order valence-corrected chi connectivity index (χ3v) is 4.84. The van der Waals surface area contributed by atoms with Crippen LogP contribution in [0, 0.1) is 5.92 Å². The SMILES string of the molecule is CC(C)C(O)CNS(=O)(=O)c1ccc(Br)cc1Cl. The summed E-state index contributed by atoms with van der Waals surface area (Å²) in [4.78, 5) is 0.00308. The van der Waals surface area contributed by atoms with E-state index in [1.165, 1.54) is 12.1 Å². The van der Waals surface area contributed by atoms with Crippen LogP contribution in [0.2, 0.25) is 5.02 Å². The normalized spacial score (nSPS) is 13.9. The second-order valence-corrected chi connectivity index (χ2v) is 7.30. The van der Waals surface area contributed by atoms with Gasteiger partial charge in [0.25, 0.3) is 0 Å². The number of sulfonamides is 1. The summed E-state index contributed by atoms with van der Waals surface area (Å²) in [5.41, 5.74) is 0. The summed E-state index contributed by atoms with van der Waals surface area (Å²) in [5.74, 6) is -0.0203. The molecule has 0 radical (unpaired) electrons. The minimum absolute atomic E-state index is 0.00308. The Kier molecular flexibility index (Phi) is 5.61. The van der Waals surface area contributed by atoms with Gasteiger partial charge in [-0.1, -0.05) is 41.4 Å². The van der Waals surface area contributed by atoms with Gasteiger partial charge in [0, 0.05) is 11.0 Å². The molecule has 0 aliphatic rings. The molecule has 0 heterocycles. The Hall–Kier alpha value is -0.140. The fourth-order valence-corrected chi connectivity index (χ4v) is 3.29. The van der Waals surface area contributed by atoms with Gasteiger partial charge in [-0.05, 0) is 24.1 Å². The maximum atomic E-state index is 12.0. The van der Waals surface area contributed by atoms with Crippen LogP contribution in [0.1, 0.15) is 13.8 Å². The van der Waals surface area contributed by atoms with Crippen molar-refractivity contribution >= 4 is 37.6 Å². The third kappa shape index (κ3) is 4.20. The molecule has 1 aromatic carbocycles. The van der Waals surface area contributed by atoms with Crippen LogP contribution in [-0.4, -0.2) is 26.2 Å². The largest absolute Gasteiger partial charge is 0.391 e. The van der Waals surface area contributed by atoms with Crippen molar-refractivity contribution in [2.45, 2.75) is 24.8 Å². The summed E-state index contributed by atoms with van der Waals surface area (Å²) in [6, 6.07) is 4.52. The van der Waals surface area contributed by atoms with Gasteiger partial charge in [0.05, 0.1) is 11.1 Å². The minimum atomic E-state index is -3.70. The molecule has 0 saturated heterocycles. The van der Waals surface area contributed by atoms with Crippen molar-refractivity contribution in [2.24, 2.45) is 5.92 Å². The summed E-state index contributed by atoms with van der Waals surface area (Å²) in [6.45, 7) is 3.59. The Bertz CT molecular complexity index is 519. The number of aliphatic hydroxyl groups excluding tert-OH is 1. The molecule has 18 heavy (non-hydrogen) atoms. The zero-order valence-electron chi connectivity index (χ0n) is 10.0. The molecule has 7 heteroatoms. The number of hydrogen-bond acceptors (Lipinski definition) is 3. The highest BCUT2D eigenvalue weighted by atomic mass is 79.9. The smallest absolute Gasteiger partial charge is 0.242 e. The van der Waals surface area contributed by atoms with E-state index in [1.807, 2.05) is 13.8 Å². The van der Waals surface area contributed by atoms with Crippen molar-refractivity contribution in [2.75, 3.05) is 6.54 Å². The second kappa shape index (κ2) is 6.34.